The molecule has 7 heteroatoms. The summed E-state index contributed by atoms with van der Waals surface area (Å²) < 4.78 is 10.6. The van der Waals surface area contributed by atoms with Gasteiger partial charge >= 0.3 is 0 Å². The molecule has 0 unspecified atom stereocenters. The number of nitrogens with two attached hydrogens (primary N) is 1. The predicted octanol–water partition coefficient (Wildman–Crippen LogP) is 3.83. The Hall–Kier alpha value is -3.35. The zero-order chi connectivity index (χ0) is 19.4. The Kier molecular flexibility index (Phi) is 5.40. The first-order valence-electron chi connectivity index (χ1n) is 8.65. The molecule has 3 aromatic heterocycles. The highest BCUT2D eigenvalue weighted by Crippen LogP contribution is 2.29. The van der Waals surface area contributed by atoms with Gasteiger partial charge in [0.05, 0.1) is 36.4 Å². The molecule has 3 aromatic rings. The quantitative estimate of drug-likeness (QED) is 0.644. The van der Waals surface area contributed by atoms with Crippen LogP contribution in [0.2, 0.25) is 0 Å². The van der Waals surface area contributed by atoms with Gasteiger partial charge in [0.25, 0.3) is 0 Å². The Labute approximate surface area is 158 Å². The molecule has 0 bridgehead atoms. The van der Waals surface area contributed by atoms with Gasteiger partial charge in [-0.05, 0) is 32.9 Å². The SMILES string of the molecule is CCOc1ccc(-c2cnc(N)c(-c3nc(C)c(/C=C(\C)OC)[nH]3)c2)cn1. The normalized spacial score (nSPS) is 11.5. The van der Waals surface area contributed by atoms with Crippen LogP contribution in [-0.4, -0.2) is 33.7 Å². The third-order valence-corrected chi connectivity index (χ3v) is 4.13. The second-order valence-corrected chi connectivity index (χ2v) is 6.02. The minimum atomic E-state index is 0.408. The molecule has 0 spiro atoms. The fraction of sp³-hybridized carbons (Fsp3) is 0.250. The van der Waals surface area contributed by atoms with Crippen LogP contribution in [0.1, 0.15) is 25.2 Å². The van der Waals surface area contributed by atoms with Crippen molar-refractivity contribution in [2.75, 3.05) is 19.5 Å². The molecule has 0 radical (unpaired) electrons. The third-order valence-electron chi connectivity index (χ3n) is 4.13. The number of H-pyrrole nitrogens is 1. The molecule has 0 fully saturated rings. The van der Waals surface area contributed by atoms with E-state index in [-0.39, 0.29) is 0 Å². The lowest BCUT2D eigenvalue weighted by Crippen LogP contribution is -1.97. The van der Waals surface area contributed by atoms with Gasteiger partial charge in [0.1, 0.15) is 11.6 Å². The minimum Gasteiger partial charge on any atom is -0.501 e. The van der Waals surface area contributed by atoms with Gasteiger partial charge in [0.2, 0.25) is 5.88 Å². The van der Waals surface area contributed by atoms with Crippen molar-refractivity contribution in [1.29, 1.82) is 0 Å². The lowest BCUT2D eigenvalue weighted by Gasteiger charge is -2.07. The summed E-state index contributed by atoms with van der Waals surface area (Å²) in [7, 11) is 1.63. The molecule has 0 atom stereocenters. The number of imidazole rings is 1. The number of nitrogens with zero attached hydrogens (tertiary/aromatic N) is 3. The number of methoxy groups -OCH3 is 1. The molecule has 3 heterocycles. The molecule has 0 amide bonds. The van der Waals surface area contributed by atoms with Crippen molar-refractivity contribution in [3.8, 4) is 28.4 Å². The zero-order valence-corrected chi connectivity index (χ0v) is 15.9. The summed E-state index contributed by atoms with van der Waals surface area (Å²) in [5.41, 5.74) is 10.4. The highest BCUT2D eigenvalue weighted by atomic mass is 16.5. The van der Waals surface area contributed by atoms with E-state index in [2.05, 4.69) is 19.9 Å². The fourth-order valence-corrected chi connectivity index (χ4v) is 2.61. The topological polar surface area (TPSA) is 98.9 Å². The number of aromatic nitrogens is 4. The Bertz CT molecular complexity index is 961. The minimum absolute atomic E-state index is 0.408. The van der Waals surface area contributed by atoms with Gasteiger partial charge in [0.15, 0.2) is 0 Å². The van der Waals surface area contributed by atoms with E-state index in [1.165, 1.54) is 0 Å². The first-order valence-corrected chi connectivity index (χ1v) is 8.65. The molecule has 3 rings (SSSR count). The molecule has 7 nitrogen and oxygen atoms in total. The summed E-state index contributed by atoms with van der Waals surface area (Å²) in [5.74, 6) is 2.45. The van der Waals surface area contributed by atoms with E-state index in [4.69, 9.17) is 15.2 Å². The molecule has 0 aliphatic carbocycles. The summed E-state index contributed by atoms with van der Waals surface area (Å²) in [6.07, 6.45) is 5.38. The van der Waals surface area contributed by atoms with E-state index in [9.17, 15) is 0 Å². The Morgan fingerprint density at radius 1 is 1.22 bits per heavy atom. The fourth-order valence-electron chi connectivity index (χ4n) is 2.61. The summed E-state index contributed by atoms with van der Waals surface area (Å²) in [4.78, 5) is 16.5. The maximum absolute atomic E-state index is 6.10. The van der Waals surface area contributed by atoms with Crippen LogP contribution in [-0.2, 0) is 4.74 Å². The van der Waals surface area contributed by atoms with Crippen molar-refractivity contribution in [1.82, 2.24) is 19.9 Å². The molecule has 140 valence electrons. The molecular weight excluding hydrogens is 342 g/mol. The van der Waals surface area contributed by atoms with Crippen LogP contribution in [0.4, 0.5) is 5.82 Å². The maximum Gasteiger partial charge on any atom is 0.213 e. The van der Waals surface area contributed by atoms with Crippen molar-refractivity contribution >= 4 is 11.9 Å². The molecule has 0 aliphatic heterocycles. The summed E-state index contributed by atoms with van der Waals surface area (Å²) in [5, 5.41) is 0. The smallest absolute Gasteiger partial charge is 0.213 e. The summed E-state index contributed by atoms with van der Waals surface area (Å²) >= 11 is 0. The van der Waals surface area contributed by atoms with E-state index in [0.29, 0.717) is 24.1 Å². The first kappa shape index (κ1) is 18.4. The van der Waals surface area contributed by atoms with Crippen molar-refractivity contribution in [2.45, 2.75) is 20.8 Å². The van der Waals surface area contributed by atoms with Crippen LogP contribution in [0.25, 0.3) is 28.6 Å². The third kappa shape index (κ3) is 4.08. The van der Waals surface area contributed by atoms with Gasteiger partial charge in [-0.2, -0.15) is 0 Å². The van der Waals surface area contributed by atoms with Crippen molar-refractivity contribution in [3.05, 3.63) is 47.7 Å². The number of anilines is 1. The van der Waals surface area contributed by atoms with Crippen LogP contribution in [0.5, 0.6) is 5.88 Å². The van der Waals surface area contributed by atoms with Gasteiger partial charge in [-0.15, -0.1) is 0 Å². The predicted molar refractivity (Wildman–Crippen MR) is 106 cm³/mol. The number of aromatic amines is 1. The summed E-state index contributed by atoms with van der Waals surface area (Å²) in [6.45, 7) is 6.32. The monoisotopic (exact) mass is 365 g/mol. The summed E-state index contributed by atoms with van der Waals surface area (Å²) in [6, 6.07) is 5.73. The van der Waals surface area contributed by atoms with Crippen molar-refractivity contribution < 1.29 is 9.47 Å². The van der Waals surface area contributed by atoms with E-state index >= 15 is 0 Å². The second-order valence-electron chi connectivity index (χ2n) is 6.02. The molecule has 0 aliphatic rings. The number of rotatable bonds is 6. The number of nitrogen functional groups attached to an aromatic ring is 1. The second kappa shape index (κ2) is 7.90. The van der Waals surface area contributed by atoms with Crippen LogP contribution in [0, 0.1) is 6.92 Å². The highest BCUT2D eigenvalue weighted by molar-refractivity contribution is 5.76. The Morgan fingerprint density at radius 2 is 2.00 bits per heavy atom. The van der Waals surface area contributed by atoms with E-state index in [1.807, 2.05) is 45.0 Å². The molecule has 0 aromatic carbocycles. The Morgan fingerprint density at radius 3 is 2.67 bits per heavy atom. The number of nitrogens with one attached hydrogen (secondary N) is 1. The van der Waals surface area contributed by atoms with E-state index in [1.54, 1.807) is 19.5 Å². The number of aryl methyl sites for hydroxylation is 1. The highest BCUT2D eigenvalue weighted by Gasteiger charge is 2.13. The van der Waals surface area contributed by atoms with Gasteiger partial charge in [-0.25, -0.2) is 15.0 Å². The standard InChI is InChI=1S/C20H23N5O2/c1-5-27-18-7-6-14(10-22-18)15-9-16(19(21)23-11-15)20-24-13(3)17(25-20)8-12(2)26-4/h6-11H,5H2,1-4H3,(H2,21,23)(H,24,25)/b12-8+. The van der Waals surface area contributed by atoms with Crippen molar-refractivity contribution in [3.63, 3.8) is 0 Å². The van der Waals surface area contributed by atoms with Crippen LogP contribution in [0.3, 0.4) is 0 Å². The number of pyridine rings is 2. The van der Waals surface area contributed by atoms with Crippen LogP contribution in [0.15, 0.2) is 36.4 Å². The number of allylic oxidation sites excluding steroid dienone is 1. The average Bonchev–Trinajstić information content (AvgIpc) is 3.03. The first-order chi connectivity index (χ1) is 13.0. The van der Waals surface area contributed by atoms with Crippen LogP contribution < -0.4 is 10.5 Å². The molecular formula is C20H23N5O2. The number of hydrogen-bond acceptors (Lipinski definition) is 6. The molecule has 0 saturated carbocycles. The van der Waals surface area contributed by atoms with Gasteiger partial charge in [-0.3, -0.25) is 0 Å². The van der Waals surface area contributed by atoms with Gasteiger partial charge in [-0.1, -0.05) is 0 Å². The van der Waals surface area contributed by atoms with Gasteiger partial charge < -0.3 is 20.2 Å². The maximum atomic E-state index is 6.10. The van der Waals surface area contributed by atoms with Crippen molar-refractivity contribution in [2.24, 2.45) is 0 Å². The lowest BCUT2D eigenvalue weighted by atomic mass is 10.1. The average molecular weight is 365 g/mol. The largest absolute Gasteiger partial charge is 0.501 e. The van der Waals surface area contributed by atoms with E-state index < -0.39 is 0 Å². The molecule has 27 heavy (non-hydrogen) atoms. The Balaban J connectivity index is 1.98. The molecule has 3 N–H and O–H groups in total. The zero-order valence-electron chi connectivity index (χ0n) is 15.9. The lowest BCUT2D eigenvalue weighted by molar-refractivity contribution is 0.297. The van der Waals surface area contributed by atoms with Gasteiger partial charge in [0, 0.05) is 35.7 Å². The van der Waals surface area contributed by atoms with E-state index in [0.717, 1.165) is 33.8 Å². The number of hydrogen-bond donors (Lipinski definition) is 2. The number of ether oxygens (including phenoxy) is 2. The molecule has 0 saturated heterocycles. The van der Waals surface area contributed by atoms with Crippen LogP contribution >= 0.6 is 0 Å².